The molecule has 4 rings (SSSR count). The van der Waals surface area contributed by atoms with E-state index in [0.717, 1.165) is 12.1 Å². The Hall–Kier alpha value is -2.80. The number of anilines is 1. The molecule has 0 saturated carbocycles. The van der Waals surface area contributed by atoms with Crippen molar-refractivity contribution in [2.45, 2.75) is 12.3 Å². The van der Waals surface area contributed by atoms with Crippen LogP contribution in [0.1, 0.15) is 18.2 Å². The molecule has 0 radical (unpaired) electrons. The molecule has 0 N–H and O–H groups in total. The molecule has 1 aliphatic heterocycles. The third kappa shape index (κ3) is 3.06. The molecule has 132 valence electrons. The lowest BCUT2D eigenvalue weighted by Gasteiger charge is -2.16. The summed E-state index contributed by atoms with van der Waals surface area (Å²) in [5.74, 6) is -1.77. The van der Waals surface area contributed by atoms with Crippen molar-refractivity contribution in [1.29, 1.82) is 0 Å². The zero-order chi connectivity index (χ0) is 18.3. The Balaban J connectivity index is 1.56. The zero-order valence-corrected chi connectivity index (χ0v) is 14.1. The van der Waals surface area contributed by atoms with Crippen molar-refractivity contribution in [3.8, 4) is 11.5 Å². The number of halogens is 3. The lowest BCUT2D eigenvalue weighted by Crippen LogP contribution is -2.24. The predicted molar refractivity (Wildman–Crippen MR) is 90.8 cm³/mol. The van der Waals surface area contributed by atoms with Gasteiger partial charge >= 0.3 is 0 Å². The highest BCUT2D eigenvalue weighted by Crippen LogP contribution is 2.32. The van der Waals surface area contributed by atoms with E-state index in [-0.39, 0.29) is 24.8 Å². The highest BCUT2D eigenvalue weighted by Gasteiger charge is 2.35. The van der Waals surface area contributed by atoms with Crippen LogP contribution < -0.4 is 4.90 Å². The van der Waals surface area contributed by atoms with Gasteiger partial charge in [-0.05, 0) is 30.3 Å². The maximum absolute atomic E-state index is 13.4. The van der Waals surface area contributed by atoms with Crippen molar-refractivity contribution in [2.24, 2.45) is 0 Å². The van der Waals surface area contributed by atoms with Gasteiger partial charge in [-0.2, -0.15) is 4.98 Å². The van der Waals surface area contributed by atoms with Crippen LogP contribution in [0.15, 0.2) is 47.0 Å². The summed E-state index contributed by atoms with van der Waals surface area (Å²) in [4.78, 5) is 18.0. The monoisotopic (exact) mass is 375 g/mol. The van der Waals surface area contributed by atoms with Gasteiger partial charge in [0.2, 0.25) is 5.91 Å². The molecule has 26 heavy (non-hydrogen) atoms. The van der Waals surface area contributed by atoms with Gasteiger partial charge < -0.3 is 9.42 Å². The lowest BCUT2D eigenvalue weighted by atomic mass is 10.1. The van der Waals surface area contributed by atoms with Crippen LogP contribution in [-0.4, -0.2) is 22.6 Å². The van der Waals surface area contributed by atoms with Gasteiger partial charge in [-0.3, -0.25) is 4.79 Å². The standard InChI is InChI=1S/C18H12ClF2N3O2/c19-12-3-1-2-10(6-12)18-22-17(23-26-18)11-7-16(25)24(9-11)13-4-5-14(20)15(21)8-13/h1-6,8,11H,7,9H2. The molecule has 1 atom stereocenters. The quantitative estimate of drug-likeness (QED) is 0.688. The fourth-order valence-electron chi connectivity index (χ4n) is 2.92. The minimum atomic E-state index is -0.999. The Morgan fingerprint density at radius 1 is 1.15 bits per heavy atom. The Bertz CT molecular complexity index is 992. The zero-order valence-electron chi connectivity index (χ0n) is 13.3. The second-order valence-electron chi connectivity index (χ2n) is 5.97. The minimum Gasteiger partial charge on any atom is -0.334 e. The van der Waals surface area contributed by atoms with Gasteiger partial charge in [-0.1, -0.05) is 22.8 Å². The summed E-state index contributed by atoms with van der Waals surface area (Å²) in [5, 5.41) is 4.50. The molecular formula is C18H12ClF2N3O2. The van der Waals surface area contributed by atoms with E-state index in [2.05, 4.69) is 10.1 Å². The van der Waals surface area contributed by atoms with Crippen molar-refractivity contribution in [2.75, 3.05) is 11.4 Å². The van der Waals surface area contributed by atoms with E-state index in [9.17, 15) is 13.6 Å². The molecule has 1 fully saturated rings. The Labute approximate surface area is 152 Å². The van der Waals surface area contributed by atoms with Gasteiger partial charge in [0.05, 0.1) is 0 Å². The van der Waals surface area contributed by atoms with Gasteiger partial charge in [0.25, 0.3) is 5.89 Å². The Morgan fingerprint density at radius 3 is 2.77 bits per heavy atom. The van der Waals surface area contributed by atoms with E-state index < -0.39 is 11.6 Å². The highest BCUT2D eigenvalue weighted by molar-refractivity contribution is 6.30. The Kier molecular flexibility index (Phi) is 4.16. The fraction of sp³-hybridized carbons (Fsp3) is 0.167. The molecule has 8 heteroatoms. The largest absolute Gasteiger partial charge is 0.334 e. The van der Waals surface area contributed by atoms with Crippen LogP contribution in [0.3, 0.4) is 0 Å². The van der Waals surface area contributed by atoms with Crippen LogP contribution >= 0.6 is 11.6 Å². The van der Waals surface area contributed by atoms with Crippen LogP contribution in [0.4, 0.5) is 14.5 Å². The van der Waals surface area contributed by atoms with Gasteiger partial charge in [-0.15, -0.1) is 0 Å². The molecule has 1 amide bonds. The van der Waals surface area contributed by atoms with E-state index in [4.69, 9.17) is 16.1 Å². The van der Waals surface area contributed by atoms with Crippen LogP contribution in [0, 0.1) is 11.6 Å². The molecule has 1 aliphatic rings. The van der Waals surface area contributed by atoms with Gasteiger partial charge in [0.1, 0.15) is 0 Å². The van der Waals surface area contributed by atoms with Gasteiger partial charge in [0, 0.05) is 41.2 Å². The number of hydrogen-bond acceptors (Lipinski definition) is 4. The van der Waals surface area contributed by atoms with Crippen molar-refractivity contribution in [3.63, 3.8) is 0 Å². The third-order valence-corrected chi connectivity index (χ3v) is 4.45. The third-order valence-electron chi connectivity index (χ3n) is 4.22. The molecule has 3 aromatic rings. The first-order valence-electron chi connectivity index (χ1n) is 7.86. The van der Waals surface area contributed by atoms with Gasteiger partial charge in [-0.25, -0.2) is 8.78 Å². The average Bonchev–Trinajstić information content (AvgIpc) is 3.24. The minimum absolute atomic E-state index is 0.160. The summed E-state index contributed by atoms with van der Waals surface area (Å²) in [7, 11) is 0. The molecule has 0 aliphatic carbocycles. The average molecular weight is 376 g/mol. The van der Waals surface area contributed by atoms with Crippen molar-refractivity contribution < 1.29 is 18.1 Å². The molecule has 5 nitrogen and oxygen atoms in total. The topological polar surface area (TPSA) is 59.2 Å². The SMILES string of the molecule is O=C1CC(c2noc(-c3cccc(Cl)c3)n2)CN1c1ccc(F)c(F)c1. The summed E-state index contributed by atoms with van der Waals surface area (Å²) in [6.45, 7) is 0.262. The van der Waals surface area contributed by atoms with E-state index >= 15 is 0 Å². The second kappa shape index (κ2) is 6.49. The maximum Gasteiger partial charge on any atom is 0.257 e. The summed E-state index contributed by atoms with van der Waals surface area (Å²) in [6.07, 6.45) is 0.160. The Morgan fingerprint density at radius 2 is 2.00 bits per heavy atom. The summed E-state index contributed by atoms with van der Waals surface area (Å²) < 4.78 is 31.8. The van der Waals surface area contributed by atoms with Crippen LogP contribution in [0.5, 0.6) is 0 Å². The normalized spacial score (nSPS) is 17.1. The van der Waals surface area contributed by atoms with Gasteiger partial charge in [0.15, 0.2) is 17.5 Å². The van der Waals surface area contributed by atoms with Crippen molar-refractivity contribution >= 4 is 23.2 Å². The number of rotatable bonds is 3. The second-order valence-corrected chi connectivity index (χ2v) is 6.41. The molecular weight excluding hydrogens is 364 g/mol. The molecule has 0 spiro atoms. The first-order valence-corrected chi connectivity index (χ1v) is 8.24. The number of carbonyl (C=O) groups excluding carboxylic acids is 1. The predicted octanol–water partition coefficient (Wildman–Crippen LogP) is 4.19. The van der Waals surface area contributed by atoms with E-state index in [1.165, 1.54) is 11.0 Å². The smallest absolute Gasteiger partial charge is 0.257 e. The molecule has 2 aromatic carbocycles. The molecule has 1 saturated heterocycles. The molecule has 2 heterocycles. The number of carbonyl (C=O) groups is 1. The van der Waals surface area contributed by atoms with Crippen molar-refractivity contribution in [3.05, 3.63) is 64.9 Å². The van der Waals surface area contributed by atoms with E-state index in [1.807, 2.05) is 0 Å². The van der Waals surface area contributed by atoms with Crippen LogP contribution in [0.2, 0.25) is 5.02 Å². The van der Waals surface area contributed by atoms with E-state index in [0.29, 0.717) is 28.0 Å². The number of hydrogen-bond donors (Lipinski definition) is 0. The first-order chi connectivity index (χ1) is 12.5. The van der Waals surface area contributed by atoms with Crippen LogP contribution in [-0.2, 0) is 4.79 Å². The number of nitrogens with zero attached hydrogens (tertiary/aromatic N) is 3. The van der Waals surface area contributed by atoms with Crippen molar-refractivity contribution in [1.82, 2.24) is 10.1 Å². The number of benzene rings is 2. The molecule has 1 unspecified atom stereocenters. The summed E-state index contributed by atoms with van der Waals surface area (Å²) >= 11 is 5.96. The maximum atomic E-state index is 13.4. The summed E-state index contributed by atoms with van der Waals surface area (Å²) in [6, 6.07) is 10.4. The number of amides is 1. The molecule has 0 bridgehead atoms. The lowest BCUT2D eigenvalue weighted by molar-refractivity contribution is -0.117. The highest BCUT2D eigenvalue weighted by atomic mass is 35.5. The molecule has 1 aromatic heterocycles. The van der Waals surface area contributed by atoms with Crippen LogP contribution in [0.25, 0.3) is 11.5 Å². The fourth-order valence-corrected chi connectivity index (χ4v) is 3.11. The van der Waals surface area contributed by atoms with E-state index in [1.54, 1.807) is 24.3 Å². The summed E-state index contributed by atoms with van der Waals surface area (Å²) in [5.41, 5.74) is 0.980. The number of aromatic nitrogens is 2. The first kappa shape index (κ1) is 16.7.